The molecule has 1 N–H and O–H groups in total. The molecule has 0 spiro atoms. The molecule has 14 nitrogen and oxygen atoms in total. The van der Waals surface area contributed by atoms with Gasteiger partial charge < -0.3 is 9.47 Å². The number of esters is 2. The van der Waals surface area contributed by atoms with Crippen molar-refractivity contribution in [1.82, 2.24) is 19.6 Å². The number of rotatable bonds is 11. The van der Waals surface area contributed by atoms with E-state index in [1.165, 1.54) is 45.4 Å². The lowest BCUT2D eigenvalue weighted by Crippen LogP contribution is -2.32. The van der Waals surface area contributed by atoms with Gasteiger partial charge in [0.25, 0.3) is 0 Å². The third kappa shape index (κ3) is 11.1. The molecule has 0 aliphatic rings. The number of carbonyl (C=O) groups excluding carboxylic acids is 2. The molecule has 0 saturated carbocycles. The lowest BCUT2D eigenvalue weighted by molar-refractivity contribution is 0.0591. The molecule has 304 valence electrons. The van der Waals surface area contributed by atoms with E-state index in [2.05, 4.69) is 40.3 Å². The number of anilines is 2. The zero-order valence-corrected chi connectivity index (χ0v) is 35.1. The van der Waals surface area contributed by atoms with E-state index in [1.54, 1.807) is 72.1 Å². The minimum absolute atomic E-state index is 0.0601. The minimum atomic E-state index is -3.68. The zero-order valence-electron chi connectivity index (χ0n) is 31.9. The molecular formula is C38H41BrF2N6O8S2. The van der Waals surface area contributed by atoms with Gasteiger partial charge in [-0.3, -0.25) is 18.4 Å². The minimum Gasteiger partial charge on any atom is -0.465 e. The average molecular weight is 892 g/mol. The van der Waals surface area contributed by atoms with Gasteiger partial charge in [0.1, 0.15) is 11.6 Å². The fourth-order valence-electron chi connectivity index (χ4n) is 5.23. The van der Waals surface area contributed by atoms with Gasteiger partial charge in [0.2, 0.25) is 20.0 Å². The first-order chi connectivity index (χ1) is 27.0. The highest BCUT2D eigenvalue weighted by Crippen LogP contribution is 2.27. The van der Waals surface area contributed by atoms with Crippen molar-refractivity contribution >= 4 is 81.1 Å². The predicted molar refractivity (Wildman–Crippen MR) is 218 cm³/mol. The topological polar surface area (TPSA) is 172 Å². The third-order valence-electron chi connectivity index (χ3n) is 8.53. The number of carbonyl (C=O) groups is 2. The molecule has 0 atom stereocenters. The normalized spacial score (nSPS) is 11.2. The summed E-state index contributed by atoms with van der Waals surface area (Å²) < 4.78 is 91.9. The SMILES string of the molecule is CCS(=O)(=O)N(Cc1ccc(C(=O)OC)cc1F)c1ccc2cnn(C)c2c1.CCS(=O)(=O)Nc1ccc2cnn(C)c2c1.COC(=O)c1ccc(CBr)c(F)c1. The van der Waals surface area contributed by atoms with E-state index in [-0.39, 0.29) is 34.7 Å². The number of sulfonamides is 2. The van der Waals surface area contributed by atoms with Crippen LogP contribution in [0.15, 0.2) is 85.2 Å². The lowest BCUT2D eigenvalue weighted by Gasteiger charge is -2.24. The van der Waals surface area contributed by atoms with Crippen LogP contribution in [0, 0.1) is 11.6 Å². The number of benzene rings is 4. The van der Waals surface area contributed by atoms with Gasteiger partial charge in [0.15, 0.2) is 0 Å². The number of aromatic nitrogens is 4. The number of hydrogen-bond acceptors (Lipinski definition) is 10. The lowest BCUT2D eigenvalue weighted by atomic mass is 10.1. The highest BCUT2D eigenvalue weighted by molar-refractivity contribution is 9.08. The molecule has 0 saturated heterocycles. The average Bonchev–Trinajstić information content (AvgIpc) is 3.77. The van der Waals surface area contributed by atoms with E-state index in [9.17, 15) is 35.2 Å². The molecule has 0 aliphatic carbocycles. The van der Waals surface area contributed by atoms with Crippen LogP contribution in [0.4, 0.5) is 20.2 Å². The monoisotopic (exact) mass is 890 g/mol. The van der Waals surface area contributed by atoms with Gasteiger partial charge in [0.05, 0.1) is 78.2 Å². The first-order valence-corrected chi connectivity index (χ1v) is 21.5. The summed E-state index contributed by atoms with van der Waals surface area (Å²) in [5.41, 5.74) is 3.59. The maximum Gasteiger partial charge on any atom is 0.337 e. The van der Waals surface area contributed by atoms with Crippen LogP contribution in [0.2, 0.25) is 0 Å². The summed E-state index contributed by atoms with van der Waals surface area (Å²) in [6, 6.07) is 18.6. The number of methoxy groups -OCH3 is 2. The molecule has 57 heavy (non-hydrogen) atoms. The summed E-state index contributed by atoms with van der Waals surface area (Å²) in [6.07, 6.45) is 3.43. The smallest absolute Gasteiger partial charge is 0.337 e. The second-order valence-corrected chi connectivity index (χ2v) is 16.9. The Hall–Kier alpha value is -5.40. The molecule has 6 rings (SSSR count). The number of nitrogens with one attached hydrogen (secondary N) is 1. The van der Waals surface area contributed by atoms with Crippen LogP contribution in [0.3, 0.4) is 0 Å². The van der Waals surface area contributed by atoms with Crippen molar-refractivity contribution in [3.63, 3.8) is 0 Å². The van der Waals surface area contributed by atoms with Gasteiger partial charge in [-0.25, -0.2) is 35.2 Å². The van der Waals surface area contributed by atoms with Gasteiger partial charge in [0, 0.05) is 35.8 Å². The van der Waals surface area contributed by atoms with Crippen LogP contribution in [0.1, 0.15) is 45.7 Å². The summed E-state index contributed by atoms with van der Waals surface area (Å²) in [6.45, 7) is 2.93. The standard InChI is InChI=1S/C19H20FN3O4S.C10H13N3O2S.C9H8BrFO2/c1-4-28(25,26)23(16-8-7-14-11-21-22(2)18(14)10-16)12-15-6-5-13(9-17(15)20)19(24)27-3;1-3-16(14,15)12-9-5-4-8-7-11-13(2)10(8)6-9;1-13-9(12)6-2-3-7(5-10)8(11)4-6/h5-11H,4,12H2,1-3H3;4-7,12H,3H2,1-2H3;2-4H,5H2,1H3. The Morgan fingerprint density at radius 1 is 0.737 bits per heavy atom. The number of fused-ring (bicyclic) bond motifs is 2. The van der Waals surface area contributed by atoms with Gasteiger partial charge in [-0.1, -0.05) is 28.1 Å². The number of ether oxygens (including phenoxy) is 2. The first kappa shape index (κ1) is 44.3. The van der Waals surface area contributed by atoms with Crippen molar-refractivity contribution < 1.29 is 44.7 Å². The van der Waals surface area contributed by atoms with E-state index < -0.39 is 43.6 Å². The van der Waals surface area contributed by atoms with E-state index in [1.807, 2.05) is 13.1 Å². The van der Waals surface area contributed by atoms with Gasteiger partial charge >= 0.3 is 11.9 Å². The molecule has 0 radical (unpaired) electrons. The Morgan fingerprint density at radius 2 is 1.25 bits per heavy atom. The predicted octanol–water partition coefficient (Wildman–Crippen LogP) is 6.70. The summed E-state index contributed by atoms with van der Waals surface area (Å²) in [7, 11) is -0.846. The number of nitrogens with zero attached hydrogens (tertiary/aromatic N) is 5. The Balaban J connectivity index is 0.000000209. The molecule has 0 fully saturated rings. The number of halogens is 3. The van der Waals surface area contributed by atoms with E-state index in [0.29, 0.717) is 22.3 Å². The summed E-state index contributed by atoms with van der Waals surface area (Å²) in [5, 5.41) is 10.5. The Kier molecular flexibility index (Phi) is 14.9. The second-order valence-electron chi connectivity index (χ2n) is 12.2. The number of alkyl halides is 1. The van der Waals surface area contributed by atoms with Crippen LogP contribution >= 0.6 is 15.9 Å². The molecule has 4 aromatic carbocycles. The molecule has 2 aromatic heterocycles. The molecule has 19 heteroatoms. The van der Waals surface area contributed by atoms with Crippen LogP contribution in [-0.4, -0.2) is 74.1 Å². The van der Waals surface area contributed by atoms with E-state index in [0.717, 1.165) is 32.2 Å². The van der Waals surface area contributed by atoms with E-state index >= 15 is 0 Å². The van der Waals surface area contributed by atoms with Crippen molar-refractivity contribution in [3.8, 4) is 0 Å². The number of aryl methyl sites for hydroxylation is 2. The van der Waals surface area contributed by atoms with Crippen molar-refractivity contribution in [1.29, 1.82) is 0 Å². The Morgan fingerprint density at radius 3 is 1.72 bits per heavy atom. The maximum absolute atomic E-state index is 14.5. The fraction of sp³-hybridized carbons (Fsp3) is 0.263. The molecule has 0 amide bonds. The Labute approximate surface area is 337 Å². The molecular weight excluding hydrogens is 850 g/mol. The van der Waals surface area contributed by atoms with Crippen LogP contribution in [0.25, 0.3) is 21.8 Å². The van der Waals surface area contributed by atoms with Crippen molar-refractivity contribution in [2.24, 2.45) is 14.1 Å². The van der Waals surface area contributed by atoms with Crippen LogP contribution < -0.4 is 9.03 Å². The van der Waals surface area contributed by atoms with Crippen molar-refractivity contribution in [2.75, 3.05) is 34.8 Å². The molecule has 6 aromatic rings. The third-order valence-corrected chi connectivity index (χ3v) is 12.2. The van der Waals surface area contributed by atoms with Gasteiger partial charge in [-0.2, -0.15) is 10.2 Å². The van der Waals surface area contributed by atoms with Gasteiger partial charge in [-0.05, 0) is 80.1 Å². The number of hydrogen-bond donors (Lipinski definition) is 1. The second kappa shape index (κ2) is 19.2. The zero-order chi connectivity index (χ0) is 42.1. The first-order valence-electron chi connectivity index (χ1n) is 17.1. The van der Waals surface area contributed by atoms with E-state index in [4.69, 9.17) is 0 Å². The maximum atomic E-state index is 14.5. The largest absolute Gasteiger partial charge is 0.465 e. The van der Waals surface area contributed by atoms with Crippen molar-refractivity contribution in [3.05, 3.63) is 119 Å². The highest BCUT2D eigenvalue weighted by atomic mass is 79.9. The summed E-state index contributed by atoms with van der Waals surface area (Å²) in [5.74, 6) is -2.35. The summed E-state index contributed by atoms with van der Waals surface area (Å²) in [4.78, 5) is 22.5. The highest BCUT2D eigenvalue weighted by Gasteiger charge is 2.24. The van der Waals surface area contributed by atoms with Crippen LogP contribution in [-0.2, 0) is 55.5 Å². The molecule has 0 unspecified atom stereocenters. The molecule has 2 heterocycles. The van der Waals surface area contributed by atoms with Crippen LogP contribution in [0.5, 0.6) is 0 Å². The van der Waals surface area contributed by atoms with Gasteiger partial charge in [-0.15, -0.1) is 0 Å². The molecule has 0 aliphatic heterocycles. The fourth-order valence-corrected chi connectivity index (χ4v) is 7.40. The Bertz CT molecular complexity index is 2620. The summed E-state index contributed by atoms with van der Waals surface area (Å²) >= 11 is 3.13. The molecule has 0 bridgehead atoms. The quantitative estimate of drug-likeness (QED) is 0.109. The van der Waals surface area contributed by atoms with Crippen molar-refractivity contribution in [2.45, 2.75) is 25.7 Å².